The molecule has 0 radical (unpaired) electrons. The van der Waals surface area contributed by atoms with Crippen LogP contribution in [0.5, 0.6) is 17.2 Å². The van der Waals surface area contributed by atoms with Crippen LogP contribution in [0.15, 0.2) is 115 Å². The largest absolute Gasteiger partial charge is 0.496 e. The average molecular weight is 1860 g/mol. The number of imide groups is 1. The third-order valence-electron chi connectivity index (χ3n) is 25.1. The van der Waals surface area contributed by atoms with Crippen LogP contribution in [0.25, 0.3) is 33.5 Å². The van der Waals surface area contributed by atoms with E-state index in [2.05, 4.69) is 45.4 Å². The van der Waals surface area contributed by atoms with E-state index in [4.69, 9.17) is 48.0 Å². The number of methoxy groups -OCH3 is 2. The Hall–Kier alpha value is -12.8. The second-order valence-electron chi connectivity index (χ2n) is 35.2. The summed E-state index contributed by atoms with van der Waals surface area (Å²) >= 11 is 1.38. The van der Waals surface area contributed by atoms with Gasteiger partial charge < -0.3 is 115 Å². The van der Waals surface area contributed by atoms with Crippen molar-refractivity contribution in [2.45, 2.75) is 165 Å². The molecule has 4 bridgehead atoms. The Bertz CT molecular complexity index is 5630. The first-order valence-electron chi connectivity index (χ1n) is 43.4. The van der Waals surface area contributed by atoms with E-state index in [1.807, 2.05) is 46.8 Å². The monoisotopic (exact) mass is 1860 g/mol. The topological polar surface area (TPSA) is 557 Å². The molecule has 12 atom stereocenters. The number of carboxylic acid groups (broad SMARTS) is 3. The molecule has 14 N–H and O–H groups in total. The molecule has 708 valence electrons. The number of aromatic nitrogens is 4. The van der Waals surface area contributed by atoms with E-state index >= 15 is 0 Å². The van der Waals surface area contributed by atoms with Crippen molar-refractivity contribution in [1.29, 1.82) is 0 Å². The highest BCUT2D eigenvalue weighted by molar-refractivity contribution is 7.22. The van der Waals surface area contributed by atoms with Gasteiger partial charge in [0.15, 0.2) is 16.9 Å². The number of ether oxygens (including phenoxy) is 8. The number of aliphatic hydroxyl groups is 6. The number of amides is 8. The minimum absolute atomic E-state index is 0.0293. The van der Waals surface area contributed by atoms with Gasteiger partial charge in [-0.05, 0) is 158 Å². The zero-order chi connectivity index (χ0) is 95.0. The van der Waals surface area contributed by atoms with E-state index < -0.39 is 139 Å². The van der Waals surface area contributed by atoms with Gasteiger partial charge in [-0.2, -0.15) is 5.10 Å². The molecule has 3 aromatic heterocycles. The number of fused-ring (bicyclic) bond motifs is 2. The minimum Gasteiger partial charge on any atom is -0.496 e. The maximum absolute atomic E-state index is 14.0. The quantitative estimate of drug-likeness (QED) is 0.0196. The third-order valence-corrected chi connectivity index (χ3v) is 26.0. The number of hydrogen-bond acceptors (Lipinski definition) is 30. The number of carbonyl (C=O) groups is 11. The highest BCUT2D eigenvalue weighted by Crippen LogP contribution is 2.72. The van der Waals surface area contributed by atoms with Gasteiger partial charge in [-0.3, -0.25) is 48.5 Å². The Balaban J connectivity index is 0.582. The number of para-hydroxylation sites is 1. The van der Waals surface area contributed by atoms with Crippen LogP contribution in [0, 0.1) is 29.1 Å². The normalized spacial score (nSPS) is 25.2. The summed E-state index contributed by atoms with van der Waals surface area (Å²) in [5.41, 5.74) is 4.11. The van der Waals surface area contributed by atoms with Crippen LogP contribution in [-0.4, -0.2) is 282 Å². The van der Waals surface area contributed by atoms with Crippen LogP contribution < -0.4 is 45.7 Å². The lowest BCUT2D eigenvalue weighted by Crippen LogP contribution is -2.64. The molecule has 40 nitrogen and oxygen atoms in total. The lowest BCUT2D eigenvalue weighted by Gasteiger charge is -2.69. The Morgan fingerprint density at radius 1 is 0.647 bits per heavy atom. The lowest BCUT2D eigenvalue weighted by molar-refractivity contribution is -0.271. The SMILES string of the molecule is COCCN(CCOC12CC3(C)CC(C)(CC(Cn4ncc(-c5ccc(N6CCc7c(OC)ccc(C(=O)Nc8nc9ccccc9s8)c7C6)nc5C(=O)O)c4C)(C3)C1)C2)C(=O)OC/C=C/c1ccc(O[C@@H]2O[C@H](C(=O)O)[C@@H](O)[C@H](O)[C@H]2O)c(NC(=O)CCNC(=O)OC/C=C/c2ccc(O[C@H]3C[C@H](C(=O)O)[C@@H](O)[C@@H](O)[C@H]3O)c(NC(=O)CCNC(=O)CCN3C(=O)C=CC3=O)c2)c1. The summed E-state index contributed by atoms with van der Waals surface area (Å²) in [4.78, 5) is 156. The maximum atomic E-state index is 14.0. The molecule has 7 aromatic rings. The van der Waals surface area contributed by atoms with Crippen molar-refractivity contribution < 1.29 is 137 Å². The minimum atomic E-state index is -2.05. The van der Waals surface area contributed by atoms with Crippen molar-refractivity contribution in [3.05, 3.63) is 155 Å². The molecule has 6 fully saturated rings. The zero-order valence-corrected chi connectivity index (χ0v) is 74.3. The molecule has 8 aliphatic rings. The van der Waals surface area contributed by atoms with E-state index in [-0.39, 0.29) is 129 Å². The highest BCUT2D eigenvalue weighted by Gasteiger charge is 2.66. The number of benzene rings is 4. The van der Waals surface area contributed by atoms with Crippen molar-refractivity contribution in [3.63, 3.8) is 0 Å². The second kappa shape index (κ2) is 41.1. The third kappa shape index (κ3) is 22.4. The van der Waals surface area contributed by atoms with E-state index in [0.717, 1.165) is 76.2 Å². The van der Waals surface area contributed by atoms with Crippen LogP contribution in [-0.2, 0) is 76.8 Å². The standard InChI is InChI=1S/C92H106N12O28S/c1-50-57(54-17-21-67(99-73(54)83(119)120)102-30-26-53-58(42-102)55(16-20-62(53)126-5)81(116)100-86-98-59-12-6-7-13-66(59)133-86)41-95-104(50)49-91-44-89(2)43-90(3,45-91)47-92(46-89,48-91)129-37-33-101(32-36-125-4)88(124)128-35-9-11-52-15-19-64(131-85-79(115)77(113)78(114)80(132-85)84(121)122)61(39-52)97-70(107)25-29-94-87(123)127-34-8-10-51-14-18-63(130-65-40-56(82(117)118)74(110)76(112)75(65)111)60(38-51)96-69(106)24-28-93-68(105)27-31-103-71(108)22-23-72(103)109/h6-23,38-39,41,56,65,74-80,85,110-115H,24-37,40,42-49H2,1-5H3,(H,93,105)(H,94,123)(H,96,106)(H,97,107)(H,117,118)(H,119,120)(H,121,122)(H,98,100,116)/b10-8+,11-9+/t56-,65-,74+,75-,76+,77-,78-,79+,80-,85+,89?,90?,91?,92?/m0/s1. The molecule has 8 amide bonds. The molecule has 1 saturated heterocycles. The Kier molecular flexibility index (Phi) is 29.7. The molecule has 0 spiro atoms. The summed E-state index contributed by atoms with van der Waals surface area (Å²) in [5, 5.41) is 113. The molecule has 5 saturated carbocycles. The number of anilines is 4. The summed E-state index contributed by atoms with van der Waals surface area (Å²) in [7, 11) is 3.10. The number of alkyl carbamates (subject to hydrolysis) is 1. The number of nitrogens with one attached hydrogen (secondary N) is 5. The zero-order valence-electron chi connectivity index (χ0n) is 73.5. The highest BCUT2D eigenvalue weighted by atomic mass is 32.1. The summed E-state index contributed by atoms with van der Waals surface area (Å²) < 4.78 is 49.5. The maximum Gasteiger partial charge on any atom is 0.410 e. The van der Waals surface area contributed by atoms with Gasteiger partial charge >= 0.3 is 30.1 Å². The molecule has 133 heavy (non-hydrogen) atoms. The molecule has 15 rings (SSSR count). The van der Waals surface area contributed by atoms with Gasteiger partial charge in [0.05, 0.1) is 65.7 Å². The average Bonchev–Trinajstić information content (AvgIpc) is 1.34. The summed E-state index contributed by atoms with van der Waals surface area (Å²) in [6.45, 7) is 7.18. The summed E-state index contributed by atoms with van der Waals surface area (Å²) in [5.74, 6) is -8.57. The fourth-order valence-corrected chi connectivity index (χ4v) is 20.8. The van der Waals surface area contributed by atoms with Crippen molar-refractivity contribution >= 4 is 122 Å². The van der Waals surface area contributed by atoms with Gasteiger partial charge in [0.1, 0.15) is 72.9 Å². The van der Waals surface area contributed by atoms with Crippen LogP contribution in [0.2, 0.25) is 0 Å². The molecule has 2 unspecified atom stereocenters. The number of carboxylic acids is 3. The number of nitrogens with zero attached hydrogens (tertiary/aromatic N) is 7. The molecule has 41 heteroatoms. The first-order valence-corrected chi connectivity index (χ1v) is 44.2. The van der Waals surface area contributed by atoms with Crippen LogP contribution >= 0.6 is 11.3 Å². The fraction of sp³-hybridized carbons (Fsp3) is 0.457. The number of pyridine rings is 1. The Morgan fingerprint density at radius 3 is 1.95 bits per heavy atom. The summed E-state index contributed by atoms with van der Waals surface area (Å²) in [6.07, 6.45) is -4.53. The van der Waals surface area contributed by atoms with Crippen LogP contribution in [0.4, 0.5) is 31.9 Å². The predicted octanol–water partition coefficient (Wildman–Crippen LogP) is 6.05. The van der Waals surface area contributed by atoms with Crippen molar-refractivity contribution in [3.8, 4) is 28.4 Å². The van der Waals surface area contributed by atoms with E-state index in [9.17, 15) is 98.7 Å². The van der Waals surface area contributed by atoms with Crippen LogP contribution in [0.1, 0.15) is 127 Å². The number of carbonyl (C=O) groups excluding carboxylic acids is 8. The molecule has 4 aromatic carbocycles. The van der Waals surface area contributed by atoms with E-state index in [1.165, 1.54) is 78.0 Å². The fourth-order valence-electron chi connectivity index (χ4n) is 20.0. The van der Waals surface area contributed by atoms with Crippen molar-refractivity contribution in [1.82, 2.24) is 40.2 Å². The van der Waals surface area contributed by atoms with E-state index in [0.29, 0.717) is 70.4 Å². The first-order chi connectivity index (χ1) is 63.5. The van der Waals surface area contributed by atoms with Gasteiger partial charge in [-0.25, -0.2) is 29.1 Å². The molecule has 5 aliphatic carbocycles. The van der Waals surface area contributed by atoms with Gasteiger partial charge in [-0.1, -0.05) is 61.6 Å². The van der Waals surface area contributed by atoms with E-state index in [1.54, 1.807) is 37.6 Å². The molecular formula is C92H106N12O28S. The van der Waals surface area contributed by atoms with Gasteiger partial charge in [0.2, 0.25) is 24.0 Å². The molecule has 6 heterocycles. The molecular weight excluding hydrogens is 1750 g/mol. The molecule has 3 aliphatic heterocycles. The number of thiazole rings is 1. The van der Waals surface area contributed by atoms with Gasteiger partial charge in [0, 0.05) is 125 Å². The number of aliphatic carboxylic acids is 2. The predicted molar refractivity (Wildman–Crippen MR) is 476 cm³/mol. The number of hydrogen-bond donors (Lipinski definition) is 14. The Labute approximate surface area is 765 Å². The lowest BCUT2D eigenvalue weighted by atomic mass is 9.39. The smallest absolute Gasteiger partial charge is 0.410 e. The number of rotatable bonds is 38. The second-order valence-corrected chi connectivity index (χ2v) is 36.2. The Morgan fingerprint density at radius 2 is 1.29 bits per heavy atom. The van der Waals surface area contributed by atoms with Crippen LogP contribution in [0.3, 0.4) is 0 Å². The summed E-state index contributed by atoms with van der Waals surface area (Å²) in [6, 6.07) is 23.2. The van der Waals surface area contributed by atoms with Gasteiger partial charge in [-0.15, -0.1) is 0 Å². The first kappa shape index (κ1) is 96.2. The van der Waals surface area contributed by atoms with Crippen molar-refractivity contribution in [2.75, 3.05) is 101 Å². The van der Waals surface area contributed by atoms with Gasteiger partial charge in [0.25, 0.3) is 17.7 Å². The number of aromatic carboxylic acids is 1. The van der Waals surface area contributed by atoms with Crippen molar-refractivity contribution in [2.24, 2.45) is 22.2 Å². The number of aliphatic hydroxyl groups excluding tert-OH is 6.